The fourth-order valence-electron chi connectivity index (χ4n) is 0.792. The zero-order chi connectivity index (χ0) is 8.97. The lowest BCUT2D eigenvalue weighted by atomic mass is 10.3. The van der Waals surface area contributed by atoms with Crippen molar-refractivity contribution in [2.24, 2.45) is 0 Å². The number of benzene rings is 1. The van der Waals surface area contributed by atoms with Crippen molar-refractivity contribution < 1.29 is 8.78 Å². The van der Waals surface area contributed by atoms with Gasteiger partial charge in [-0.1, -0.05) is 12.1 Å². The Hall–Kier alpha value is -0.640. The highest BCUT2D eigenvalue weighted by Crippen LogP contribution is 2.20. The second-order valence-electron chi connectivity index (χ2n) is 2.25. The summed E-state index contributed by atoms with van der Waals surface area (Å²) in [4.78, 5) is 0. The normalized spacial score (nSPS) is 10.3. The molecule has 1 aromatic rings. The van der Waals surface area contributed by atoms with Crippen LogP contribution in [0.5, 0.6) is 0 Å². The molecule has 0 saturated heterocycles. The Bertz CT molecular complexity index is 253. The highest BCUT2D eigenvalue weighted by atomic mass is 79.9. The van der Waals surface area contributed by atoms with Crippen molar-refractivity contribution in [2.45, 2.75) is 6.43 Å². The van der Waals surface area contributed by atoms with Gasteiger partial charge in [-0.25, -0.2) is 8.78 Å². The highest BCUT2D eigenvalue weighted by Gasteiger charge is 2.02. The summed E-state index contributed by atoms with van der Waals surface area (Å²) in [5.74, 6) is 0. The SMILES string of the molecule is FC(F)CNc1ccccc1Br. The Morgan fingerprint density at radius 3 is 2.58 bits per heavy atom. The van der Waals surface area contributed by atoms with Crippen LogP contribution in [0.25, 0.3) is 0 Å². The molecular weight excluding hydrogens is 228 g/mol. The maximum Gasteiger partial charge on any atom is 0.255 e. The first-order valence-electron chi connectivity index (χ1n) is 3.46. The first-order chi connectivity index (χ1) is 5.70. The molecule has 0 spiro atoms. The van der Waals surface area contributed by atoms with Crippen molar-refractivity contribution in [2.75, 3.05) is 11.9 Å². The molecular formula is C8H8BrF2N. The van der Waals surface area contributed by atoms with Crippen molar-refractivity contribution in [3.63, 3.8) is 0 Å². The molecule has 0 bridgehead atoms. The molecule has 0 aliphatic carbocycles. The molecule has 1 rings (SSSR count). The van der Waals surface area contributed by atoms with Gasteiger partial charge in [-0.3, -0.25) is 0 Å². The van der Waals surface area contributed by atoms with Crippen LogP contribution in [0.1, 0.15) is 0 Å². The lowest BCUT2D eigenvalue weighted by Gasteiger charge is -2.06. The van der Waals surface area contributed by atoms with E-state index in [2.05, 4.69) is 21.2 Å². The second-order valence-corrected chi connectivity index (χ2v) is 3.11. The standard InChI is InChI=1S/C8H8BrF2N/c9-6-3-1-2-4-7(6)12-5-8(10)11/h1-4,8,12H,5H2. The minimum atomic E-state index is -2.32. The summed E-state index contributed by atoms with van der Waals surface area (Å²) in [6.07, 6.45) is -2.32. The van der Waals surface area contributed by atoms with E-state index >= 15 is 0 Å². The maximum atomic E-state index is 11.8. The zero-order valence-electron chi connectivity index (χ0n) is 6.23. The summed E-state index contributed by atoms with van der Waals surface area (Å²) in [6.45, 7) is -0.317. The van der Waals surface area contributed by atoms with Crippen molar-refractivity contribution in [3.8, 4) is 0 Å². The smallest absolute Gasteiger partial charge is 0.255 e. The molecule has 0 amide bonds. The molecule has 0 aromatic heterocycles. The Labute approximate surface area is 77.9 Å². The number of anilines is 1. The van der Waals surface area contributed by atoms with E-state index in [-0.39, 0.29) is 6.54 Å². The number of para-hydroxylation sites is 1. The molecule has 12 heavy (non-hydrogen) atoms. The zero-order valence-corrected chi connectivity index (χ0v) is 7.81. The highest BCUT2D eigenvalue weighted by molar-refractivity contribution is 9.10. The van der Waals surface area contributed by atoms with Crippen LogP contribution in [0.3, 0.4) is 0 Å². The van der Waals surface area contributed by atoms with E-state index in [1.807, 2.05) is 6.07 Å². The predicted molar refractivity (Wildman–Crippen MR) is 48.6 cm³/mol. The second kappa shape index (κ2) is 4.40. The van der Waals surface area contributed by atoms with E-state index in [1.54, 1.807) is 18.2 Å². The van der Waals surface area contributed by atoms with Crippen molar-refractivity contribution in [1.82, 2.24) is 0 Å². The third-order valence-corrected chi connectivity index (χ3v) is 2.01. The molecule has 0 aliphatic rings. The molecule has 1 nitrogen and oxygen atoms in total. The fraction of sp³-hybridized carbons (Fsp3) is 0.250. The van der Waals surface area contributed by atoms with E-state index in [0.29, 0.717) is 5.69 Å². The summed E-state index contributed by atoms with van der Waals surface area (Å²) < 4.78 is 24.3. The Balaban J connectivity index is 2.57. The molecule has 0 fully saturated rings. The minimum absolute atomic E-state index is 0.317. The summed E-state index contributed by atoms with van der Waals surface area (Å²) in [7, 11) is 0. The largest absolute Gasteiger partial charge is 0.378 e. The van der Waals surface area contributed by atoms with Gasteiger partial charge in [0, 0.05) is 10.2 Å². The van der Waals surface area contributed by atoms with Crippen LogP contribution in [-0.2, 0) is 0 Å². The van der Waals surface area contributed by atoms with Gasteiger partial charge >= 0.3 is 0 Å². The summed E-state index contributed by atoms with van der Waals surface area (Å²) in [5.41, 5.74) is 0.692. The van der Waals surface area contributed by atoms with Gasteiger partial charge in [-0.15, -0.1) is 0 Å². The van der Waals surface area contributed by atoms with Gasteiger partial charge in [0.05, 0.1) is 6.54 Å². The number of hydrogen-bond donors (Lipinski definition) is 1. The Kier molecular flexibility index (Phi) is 3.47. The van der Waals surface area contributed by atoms with Gasteiger partial charge in [0.25, 0.3) is 6.43 Å². The molecule has 0 atom stereocenters. The summed E-state index contributed by atoms with van der Waals surface area (Å²) in [5, 5.41) is 2.62. The minimum Gasteiger partial charge on any atom is -0.378 e. The number of alkyl halides is 2. The Morgan fingerprint density at radius 2 is 2.00 bits per heavy atom. The quantitative estimate of drug-likeness (QED) is 0.850. The van der Waals surface area contributed by atoms with Gasteiger partial charge in [-0.2, -0.15) is 0 Å². The van der Waals surface area contributed by atoms with Gasteiger partial charge < -0.3 is 5.32 Å². The molecule has 4 heteroatoms. The average Bonchev–Trinajstić information content (AvgIpc) is 2.03. The van der Waals surface area contributed by atoms with Crippen LogP contribution in [0.4, 0.5) is 14.5 Å². The number of rotatable bonds is 3. The first-order valence-corrected chi connectivity index (χ1v) is 4.26. The van der Waals surface area contributed by atoms with Crippen molar-refractivity contribution in [1.29, 1.82) is 0 Å². The molecule has 0 unspecified atom stereocenters. The number of nitrogens with one attached hydrogen (secondary N) is 1. The molecule has 66 valence electrons. The lowest BCUT2D eigenvalue weighted by Crippen LogP contribution is -2.10. The van der Waals surface area contributed by atoms with Gasteiger partial charge in [0.2, 0.25) is 0 Å². The van der Waals surface area contributed by atoms with Crippen molar-refractivity contribution in [3.05, 3.63) is 28.7 Å². The third-order valence-electron chi connectivity index (χ3n) is 1.32. The monoisotopic (exact) mass is 235 g/mol. The van der Waals surface area contributed by atoms with Crippen LogP contribution >= 0.6 is 15.9 Å². The predicted octanol–water partition coefficient (Wildman–Crippen LogP) is 3.13. The molecule has 1 aromatic carbocycles. The molecule has 0 radical (unpaired) electrons. The van der Waals surface area contributed by atoms with E-state index in [1.165, 1.54) is 0 Å². The molecule has 1 N–H and O–H groups in total. The van der Waals surface area contributed by atoms with E-state index in [4.69, 9.17) is 0 Å². The van der Waals surface area contributed by atoms with Crippen LogP contribution in [0.15, 0.2) is 28.7 Å². The number of halogens is 3. The molecule has 0 aliphatic heterocycles. The molecule has 0 saturated carbocycles. The van der Waals surface area contributed by atoms with E-state index in [0.717, 1.165) is 4.47 Å². The van der Waals surface area contributed by atoms with E-state index < -0.39 is 6.43 Å². The van der Waals surface area contributed by atoms with Crippen molar-refractivity contribution >= 4 is 21.6 Å². The summed E-state index contributed by atoms with van der Waals surface area (Å²) in [6, 6.07) is 7.16. The number of hydrogen-bond acceptors (Lipinski definition) is 1. The van der Waals surface area contributed by atoms with Crippen LogP contribution in [-0.4, -0.2) is 13.0 Å². The lowest BCUT2D eigenvalue weighted by molar-refractivity contribution is 0.163. The van der Waals surface area contributed by atoms with Crippen LogP contribution in [0.2, 0.25) is 0 Å². The van der Waals surface area contributed by atoms with E-state index in [9.17, 15) is 8.78 Å². The van der Waals surface area contributed by atoms with Gasteiger partial charge in [0.15, 0.2) is 0 Å². The van der Waals surface area contributed by atoms with Gasteiger partial charge in [0.1, 0.15) is 0 Å². The molecule has 0 heterocycles. The average molecular weight is 236 g/mol. The van der Waals surface area contributed by atoms with Crippen LogP contribution < -0.4 is 5.32 Å². The maximum absolute atomic E-state index is 11.8. The van der Waals surface area contributed by atoms with Gasteiger partial charge in [-0.05, 0) is 28.1 Å². The fourth-order valence-corrected chi connectivity index (χ4v) is 1.22. The third kappa shape index (κ3) is 2.77. The Morgan fingerprint density at radius 1 is 1.33 bits per heavy atom. The first kappa shape index (κ1) is 9.45. The summed E-state index contributed by atoms with van der Waals surface area (Å²) >= 11 is 3.24. The topological polar surface area (TPSA) is 12.0 Å². The van der Waals surface area contributed by atoms with Crippen LogP contribution in [0, 0.1) is 0 Å².